The summed E-state index contributed by atoms with van der Waals surface area (Å²) in [7, 11) is 0. The van der Waals surface area contributed by atoms with Crippen LogP contribution in [0.15, 0.2) is 78.2 Å². The lowest BCUT2D eigenvalue weighted by Crippen LogP contribution is -2.30. The first-order chi connectivity index (χ1) is 12.2. The van der Waals surface area contributed by atoms with E-state index in [1.54, 1.807) is 24.3 Å². The molecule has 0 aliphatic rings. The molecule has 4 nitrogen and oxygen atoms in total. The highest BCUT2D eigenvalue weighted by atomic mass is 32.2. The minimum absolute atomic E-state index is 0.0522. The first-order valence-electron chi connectivity index (χ1n) is 8.24. The number of aromatic nitrogens is 2. The number of amides is 1. The number of thioether (sulfide) groups is 1. The molecule has 0 fully saturated rings. The molecule has 0 bridgehead atoms. The van der Waals surface area contributed by atoms with E-state index in [0.29, 0.717) is 6.54 Å². The van der Waals surface area contributed by atoms with Gasteiger partial charge in [0.1, 0.15) is 0 Å². The summed E-state index contributed by atoms with van der Waals surface area (Å²) in [4.78, 5) is 17.4. The molecule has 1 unspecified atom stereocenters. The van der Waals surface area contributed by atoms with Gasteiger partial charge in [0, 0.05) is 30.4 Å². The van der Waals surface area contributed by atoms with Crippen LogP contribution in [0.4, 0.5) is 0 Å². The molecule has 1 atom stereocenters. The Labute approximate surface area is 152 Å². The second-order valence-corrected chi connectivity index (χ2v) is 7.26. The van der Waals surface area contributed by atoms with Gasteiger partial charge in [-0.2, -0.15) is 0 Å². The number of carbonyl (C=O) groups is 1. The lowest BCUT2D eigenvalue weighted by Gasteiger charge is -2.12. The van der Waals surface area contributed by atoms with Gasteiger partial charge in [0.2, 0.25) is 5.91 Å². The van der Waals surface area contributed by atoms with E-state index in [1.807, 2.05) is 48.0 Å². The Morgan fingerprint density at radius 2 is 1.84 bits per heavy atom. The summed E-state index contributed by atoms with van der Waals surface area (Å²) < 4.78 is 2.03. The maximum Gasteiger partial charge on any atom is 0.233 e. The molecule has 1 aromatic heterocycles. The lowest BCUT2D eigenvalue weighted by atomic mass is 10.1. The summed E-state index contributed by atoms with van der Waals surface area (Å²) in [5.74, 6) is 0.0522. The van der Waals surface area contributed by atoms with Gasteiger partial charge in [0.25, 0.3) is 0 Å². The molecule has 5 heteroatoms. The molecule has 0 saturated heterocycles. The molecule has 25 heavy (non-hydrogen) atoms. The van der Waals surface area contributed by atoms with Gasteiger partial charge in [-0.25, -0.2) is 4.98 Å². The van der Waals surface area contributed by atoms with Gasteiger partial charge >= 0.3 is 0 Å². The molecule has 128 valence electrons. The van der Waals surface area contributed by atoms with Crippen LogP contribution >= 0.6 is 11.8 Å². The number of nitrogens with one attached hydrogen (secondary N) is 1. The van der Waals surface area contributed by atoms with Crippen molar-refractivity contribution < 1.29 is 4.79 Å². The predicted molar refractivity (Wildman–Crippen MR) is 101 cm³/mol. The van der Waals surface area contributed by atoms with Crippen molar-refractivity contribution in [3.63, 3.8) is 0 Å². The Kier molecular flexibility index (Phi) is 5.90. The number of nitrogens with zero attached hydrogens (tertiary/aromatic N) is 2. The van der Waals surface area contributed by atoms with Crippen molar-refractivity contribution in [2.45, 2.75) is 30.2 Å². The summed E-state index contributed by atoms with van der Waals surface area (Å²) in [5, 5.41) is 2.89. The van der Waals surface area contributed by atoms with Crippen LogP contribution in [0.25, 0.3) is 0 Å². The molecule has 3 aromatic rings. The lowest BCUT2D eigenvalue weighted by molar-refractivity contribution is -0.120. The number of imidazole rings is 1. The summed E-state index contributed by atoms with van der Waals surface area (Å²) in [6.07, 6.45) is 5.53. The Morgan fingerprint density at radius 3 is 2.52 bits per heavy atom. The molecule has 0 aliphatic carbocycles. The van der Waals surface area contributed by atoms with Gasteiger partial charge < -0.3 is 9.88 Å². The van der Waals surface area contributed by atoms with E-state index in [1.165, 1.54) is 5.56 Å². The van der Waals surface area contributed by atoms with Gasteiger partial charge in [-0.1, -0.05) is 42.5 Å². The van der Waals surface area contributed by atoms with Crippen molar-refractivity contribution in [2.24, 2.45) is 0 Å². The Bertz CT molecular complexity index is 786. The van der Waals surface area contributed by atoms with Gasteiger partial charge in [0.15, 0.2) is 0 Å². The Morgan fingerprint density at radius 1 is 1.12 bits per heavy atom. The maximum atomic E-state index is 12.3. The molecular weight excluding hydrogens is 330 g/mol. The normalized spacial score (nSPS) is 11.9. The van der Waals surface area contributed by atoms with E-state index < -0.39 is 0 Å². The molecule has 1 N–H and O–H groups in total. The number of hydrogen-bond acceptors (Lipinski definition) is 3. The number of hydrogen-bond donors (Lipinski definition) is 1. The number of rotatable bonds is 7. The monoisotopic (exact) mass is 351 g/mol. The summed E-state index contributed by atoms with van der Waals surface area (Å²) in [6, 6.07) is 18.3. The van der Waals surface area contributed by atoms with Crippen LogP contribution in [0.1, 0.15) is 18.1 Å². The average molecular weight is 351 g/mol. The Hall–Kier alpha value is -2.53. The summed E-state index contributed by atoms with van der Waals surface area (Å²) >= 11 is 1.57. The fourth-order valence-corrected chi connectivity index (χ4v) is 3.36. The topological polar surface area (TPSA) is 46.9 Å². The number of carbonyl (C=O) groups excluding carboxylic acids is 1. The summed E-state index contributed by atoms with van der Waals surface area (Å²) in [5.41, 5.74) is 2.31. The molecule has 0 aliphatic heterocycles. The van der Waals surface area contributed by atoms with E-state index in [9.17, 15) is 4.79 Å². The van der Waals surface area contributed by atoms with E-state index in [4.69, 9.17) is 0 Å². The smallest absolute Gasteiger partial charge is 0.233 e. The van der Waals surface area contributed by atoms with Crippen molar-refractivity contribution >= 4 is 17.7 Å². The quantitative estimate of drug-likeness (QED) is 0.660. The fourth-order valence-electron chi connectivity index (χ4n) is 2.44. The average Bonchev–Trinajstić information content (AvgIpc) is 3.14. The molecule has 3 rings (SSSR count). The molecule has 1 amide bonds. The highest BCUT2D eigenvalue weighted by Crippen LogP contribution is 2.22. The van der Waals surface area contributed by atoms with Crippen molar-refractivity contribution in [2.75, 3.05) is 0 Å². The fraction of sp³-hybridized carbons (Fsp3) is 0.200. The molecular formula is C20H21N3OS. The molecule has 1 heterocycles. The van der Waals surface area contributed by atoms with Crippen molar-refractivity contribution in [1.82, 2.24) is 14.9 Å². The van der Waals surface area contributed by atoms with E-state index in [0.717, 1.165) is 17.0 Å². The zero-order valence-electron chi connectivity index (χ0n) is 14.1. The molecule has 0 radical (unpaired) electrons. The van der Waals surface area contributed by atoms with Crippen LogP contribution in [-0.2, 0) is 17.9 Å². The van der Waals surface area contributed by atoms with E-state index in [-0.39, 0.29) is 11.2 Å². The van der Waals surface area contributed by atoms with Gasteiger partial charge in [-0.05, 0) is 30.2 Å². The highest BCUT2D eigenvalue weighted by molar-refractivity contribution is 8.00. The minimum atomic E-state index is -0.122. The Balaban J connectivity index is 1.48. The first-order valence-corrected chi connectivity index (χ1v) is 9.11. The van der Waals surface area contributed by atoms with Crippen LogP contribution in [-0.4, -0.2) is 20.7 Å². The predicted octanol–water partition coefficient (Wildman–Crippen LogP) is 3.73. The molecule has 0 spiro atoms. The largest absolute Gasteiger partial charge is 0.351 e. The number of benzene rings is 2. The third kappa shape index (κ3) is 5.22. The van der Waals surface area contributed by atoms with Crippen LogP contribution < -0.4 is 5.32 Å². The van der Waals surface area contributed by atoms with E-state index >= 15 is 0 Å². The van der Waals surface area contributed by atoms with Crippen LogP contribution in [0, 0.1) is 0 Å². The van der Waals surface area contributed by atoms with Crippen LogP contribution in [0.2, 0.25) is 0 Å². The molecule has 0 saturated carbocycles. The highest BCUT2D eigenvalue weighted by Gasteiger charge is 2.13. The third-order valence-electron chi connectivity index (χ3n) is 3.84. The van der Waals surface area contributed by atoms with Gasteiger partial charge in [0.05, 0.1) is 11.6 Å². The van der Waals surface area contributed by atoms with Crippen molar-refractivity contribution in [3.05, 3.63) is 84.4 Å². The third-order valence-corrected chi connectivity index (χ3v) is 4.95. The SMILES string of the molecule is CC(Sc1ccccc1)C(=O)NCc1ccc(Cn2ccnc2)cc1. The van der Waals surface area contributed by atoms with Crippen molar-refractivity contribution in [3.8, 4) is 0 Å². The second kappa shape index (κ2) is 8.53. The zero-order chi connectivity index (χ0) is 17.5. The standard InChI is InChI=1S/C20H21N3OS/c1-16(25-19-5-3-2-4-6-19)20(24)22-13-17-7-9-18(10-8-17)14-23-12-11-21-15-23/h2-12,15-16H,13-14H2,1H3,(H,22,24). The zero-order valence-corrected chi connectivity index (χ0v) is 14.9. The minimum Gasteiger partial charge on any atom is -0.351 e. The maximum absolute atomic E-state index is 12.3. The molecule has 2 aromatic carbocycles. The summed E-state index contributed by atoms with van der Waals surface area (Å²) in [6.45, 7) is 3.28. The van der Waals surface area contributed by atoms with Crippen LogP contribution in [0.5, 0.6) is 0 Å². The van der Waals surface area contributed by atoms with Crippen LogP contribution in [0.3, 0.4) is 0 Å². The second-order valence-electron chi connectivity index (χ2n) is 5.84. The van der Waals surface area contributed by atoms with Gasteiger partial charge in [-0.3, -0.25) is 4.79 Å². The van der Waals surface area contributed by atoms with Gasteiger partial charge in [-0.15, -0.1) is 11.8 Å². The van der Waals surface area contributed by atoms with E-state index in [2.05, 4.69) is 34.6 Å². The first kappa shape index (κ1) is 17.3. The van der Waals surface area contributed by atoms with Crippen molar-refractivity contribution in [1.29, 1.82) is 0 Å².